The van der Waals surface area contributed by atoms with Crippen molar-refractivity contribution in [3.05, 3.63) is 24.2 Å². The fraction of sp³-hybridized carbons (Fsp3) is 0.647. The molecule has 0 radical (unpaired) electrons. The van der Waals surface area contributed by atoms with Crippen LogP contribution in [0.5, 0.6) is 0 Å². The third-order valence-corrected chi connectivity index (χ3v) is 4.91. The number of rotatable bonds is 4. The summed E-state index contributed by atoms with van der Waals surface area (Å²) in [6.07, 6.45) is 6.60. The van der Waals surface area contributed by atoms with E-state index in [4.69, 9.17) is 9.72 Å². The van der Waals surface area contributed by atoms with Crippen molar-refractivity contribution in [1.82, 2.24) is 19.9 Å². The van der Waals surface area contributed by atoms with Crippen molar-refractivity contribution in [3.8, 4) is 0 Å². The minimum absolute atomic E-state index is 0.591. The Kier molecular flexibility index (Phi) is 4.08. The Morgan fingerprint density at radius 1 is 1.32 bits per heavy atom. The number of nitrogens with zero attached hydrogens (tertiary/aromatic N) is 3. The minimum Gasteiger partial charge on any atom is -0.381 e. The molecular weight excluding hydrogens is 276 g/mol. The summed E-state index contributed by atoms with van der Waals surface area (Å²) in [4.78, 5) is 9.46. The fourth-order valence-corrected chi connectivity index (χ4v) is 3.71. The summed E-state index contributed by atoms with van der Waals surface area (Å²) in [5.74, 6) is 2.50. The molecule has 2 fully saturated rings. The molecule has 0 bridgehead atoms. The maximum atomic E-state index is 5.65. The van der Waals surface area contributed by atoms with Crippen molar-refractivity contribution in [2.45, 2.75) is 32.2 Å². The van der Waals surface area contributed by atoms with Crippen molar-refractivity contribution in [1.29, 1.82) is 0 Å². The average molecular weight is 300 g/mol. The van der Waals surface area contributed by atoms with E-state index in [1.807, 2.05) is 12.3 Å². The van der Waals surface area contributed by atoms with Gasteiger partial charge in [-0.25, -0.2) is 9.97 Å². The number of fused-ring (bicyclic) bond motifs is 1. The van der Waals surface area contributed by atoms with Crippen LogP contribution in [0.1, 0.15) is 25.1 Å². The topological polar surface area (TPSA) is 52.0 Å². The molecule has 4 heterocycles. The van der Waals surface area contributed by atoms with Crippen LogP contribution in [0.4, 0.5) is 0 Å². The van der Waals surface area contributed by atoms with E-state index < -0.39 is 0 Å². The Hall–Kier alpha value is -1.46. The first-order chi connectivity index (χ1) is 10.9. The van der Waals surface area contributed by atoms with Crippen LogP contribution in [0.25, 0.3) is 11.2 Å². The van der Waals surface area contributed by atoms with Gasteiger partial charge in [0.25, 0.3) is 0 Å². The monoisotopic (exact) mass is 300 g/mol. The highest BCUT2D eigenvalue weighted by Crippen LogP contribution is 2.23. The number of aromatic nitrogens is 3. The molecule has 2 aliphatic heterocycles. The van der Waals surface area contributed by atoms with Crippen LogP contribution in [0.15, 0.2) is 18.3 Å². The van der Waals surface area contributed by atoms with E-state index in [1.165, 1.54) is 25.1 Å². The molecule has 4 rings (SSSR count). The van der Waals surface area contributed by atoms with Gasteiger partial charge < -0.3 is 14.6 Å². The molecule has 2 aromatic rings. The normalized spacial score (nSPS) is 25.8. The average Bonchev–Trinajstić information content (AvgIpc) is 3.18. The second-order valence-corrected chi connectivity index (χ2v) is 6.63. The number of pyridine rings is 1. The number of hydrogen-bond donors (Lipinski definition) is 1. The predicted molar refractivity (Wildman–Crippen MR) is 85.8 cm³/mol. The molecule has 0 saturated carbocycles. The maximum Gasteiger partial charge on any atom is 0.159 e. The Labute approximate surface area is 131 Å². The summed E-state index contributed by atoms with van der Waals surface area (Å²) in [6, 6.07) is 4.05. The van der Waals surface area contributed by atoms with Crippen LogP contribution in [0, 0.1) is 11.8 Å². The van der Waals surface area contributed by atoms with E-state index >= 15 is 0 Å². The predicted octanol–water partition coefficient (Wildman–Crippen LogP) is 2.01. The first-order valence-electron chi connectivity index (χ1n) is 8.49. The zero-order chi connectivity index (χ0) is 14.8. The highest BCUT2D eigenvalue weighted by atomic mass is 16.5. The molecule has 1 N–H and O–H groups in total. The summed E-state index contributed by atoms with van der Waals surface area (Å²) in [6.45, 7) is 5.03. The van der Waals surface area contributed by atoms with Gasteiger partial charge in [0, 0.05) is 31.7 Å². The molecule has 0 amide bonds. The first-order valence-corrected chi connectivity index (χ1v) is 8.49. The van der Waals surface area contributed by atoms with Crippen molar-refractivity contribution in [2.75, 3.05) is 26.3 Å². The van der Waals surface area contributed by atoms with E-state index in [2.05, 4.69) is 20.9 Å². The van der Waals surface area contributed by atoms with Crippen molar-refractivity contribution < 1.29 is 4.74 Å². The van der Waals surface area contributed by atoms with Gasteiger partial charge in [0.15, 0.2) is 5.65 Å². The van der Waals surface area contributed by atoms with Gasteiger partial charge >= 0.3 is 0 Å². The third kappa shape index (κ3) is 2.88. The Morgan fingerprint density at radius 3 is 3.14 bits per heavy atom. The van der Waals surface area contributed by atoms with Crippen molar-refractivity contribution in [3.63, 3.8) is 0 Å². The smallest absolute Gasteiger partial charge is 0.159 e. The molecule has 0 aliphatic carbocycles. The second-order valence-electron chi connectivity index (χ2n) is 6.63. The number of hydrogen-bond acceptors (Lipinski definition) is 4. The van der Waals surface area contributed by atoms with Gasteiger partial charge in [-0.1, -0.05) is 0 Å². The third-order valence-electron chi connectivity index (χ3n) is 4.91. The lowest BCUT2D eigenvalue weighted by molar-refractivity contribution is 0.0484. The zero-order valence-corrected chi connectivity index (χ0v) is 13.0. The van der Waals surface area contributed by atoms with Crippen LogP contribution in [-0.4, -0.2) is 40.8 Å². The SMILES string of the molecule is c1cnc2c(c1)nc(CC1CCNC1)n2CC1CCCOC1. The van der Waals surface area contributed by atoms with Gasteiger partial charge in [-0.05, 0) is 50.4 Å². The molecule has 2 unspecified atom stereocenters. The molecular formula is C17H24N4O. The van der Waals surface area contributed by atoms with Crippen molar-refractivity contribution in [2.24, 2.45) is 11.8 Å². The molecule has 2 aliphatic rings. The Bertz CT molecular complexity index is 627. The lowest BCUT2D eigenvalue weighted by Crippen LogP contribution is -2.24. The lowest BCUT2D eigenvalue weighted by atomic mass is 10.0. The molecule has 0 spiro atoms. The molecule has 118 valence electrons. The number of nitrogens with one attached hydrogen (secondary N) is 1. The Morgan fingerprint density at radius 2 is 2.32 bits per heavy atom. The maximum absolute atomic E-state index is 5.65. The van der Waals surface area contributed by atoms with Crippen LogP contribution in [0.3, 0.4) is 0 Å². The molecule has 22 heavy (non-hydrogen) atoms. The van der Waals surface area contributed by atoms with Crippen LogP contribution < -0.4 is 5.32 Å². The van der Waals surface area contributed by atoms with Crippen molar-refractivity contribution >= 4 is 11.2 Å². The van der Waals surface area contributed by atoms with Gasteiger partial charge in [0.2, 0.25) is 0 Å². The van der Waals surface area contributed by atoms with E-state index in [0.717, 1.165) is 50.4 Å². The standard InChI is InChI=1S/C17H24N4O/c1-4-15-17(19-6-1)21(11-14-3-2-8-22-12-14)16(20-15)9-13-5-7-18-10-13/h1,4,6,13-14,18H,2-3,5,7-12H2. The summed E-state index contributed by atoms with van der Waals surface area (Å²) in [7, 11) is 0. The Balaban J connectivity index is 1.63. The van der Waals surface area contributed by atoms with E-state index in [9.17, 15) is 0 Å². The fourth-order valence-electron chi connectivity index (χ4n) is 3.71. The molecule has 2 saturated heterocycles. The highest BCUT2D eigenvalue weighted by Gasteiger charge is 2.22. The molecule has 2 aromatic heterocycles. The van der Waals surface area contributed by atoms with Gasteiger partial charge in [-0.15, -0.1) is 0 Å². The minimum atomic E-state index is 0.591. The molecule has 5 nitrogen and oxygen atoms in total. The van der Waals surface area contributed by atoms with E-state index in [-0.39, 0.29) is 0 Å². The summed E-state index contributed by atoms with van der Waals surface area (Å²) in [5, 5.41) is 3.45. The second kappa shape index (κ2) is 6.34. The quantitative estimate of drug-likeness (QED) is 0.938. The lowest BCUT2D eigenvalue weighted by Gasteiger charge is -2.23. The van der Waals surface area contributed by atoms with Gasteiger partial charge in [0.1, 0.15) is 11.3 Å². The zero-order valence-electron chi connectivity index (χ0n) is 13.0. The summed E-state index contributed by atoms with van der Waals surface area (Å²) in [5.41, 5.74) is 2.06. The van der Waals surface area contributed by atoms with Crippen LogP contribution in [0.2, 0.25) is 0 Å². The van der Waals surface area contributed by atoms with Gasteiger partial charge in [0.05, 0.1) is 6.61 Å². The number of imidazole rings is 1. The summed E-state index contributed by atoms with van der Waals surface area (Å²) < 4.78 is 8.01. The molecule has 5 heteroatoms. The van der Waals surface area contributed by atoms with Crippen LogP contribution in [-0.2, 0) is 17.7 Å². The first kappa shape index (κ1) is 14.2. The molecule has 2 atom stereocenters. The number of ether oxygens (including phenoxy) is 1. The molecule has 0 aromatic carbocycles. The highest BCUT2D eigenvalue weighted by molar-refractivity contribution is 5.71. The summed E-state index contributed by atoms with van der Waals surface area (Å²) >= 11 is 0. The van der Waals surface area contributed by atoms with Crippen LogP contribution >= 0.6 is 0 Å². The largest absolute Gasteiger partial charge is 0.381 e. The van der Waals surface area contributed by atoms with E-state index in [0.29, 0.717) is 11.8 Å². The van der Waals surface area contributed by atoms with E-state index in [1.54, 1.807) is 0 Å². The van der Waals surface area contributed by atoms with Gasteiger partial charge in [-0.2, -0.15) is 0 Å². The van der Waals surface area contributed by atoms with Gasteiger partial charge in [-0.3, -0.25) is 0 Å².